The monoisotopic (exact) mass is 794 g/mol. The molecule has 0 N–H and O–H groups in total. The second-order valence-electron chi connectivity index (χ2n) is 19.2. The summed E-state index contributed by atoms with van der Waals surface area (Å²) < 4.78 is 4.93. The van der Waals surface area contributed by atoms with E-state index in [9.17, 15) is 0 Å². The second-order valence-corrected chi connectivity index (χ2v) is 19.2. The van der Waals surface area contributed by atoms with Gasteiger partial charge in [-0.05, 0) is 150 Å². The summed E-state index contributed by atoms with van der Waals surface area (Å²) in [6.45, 7) is 13.7. The molecule has 0 amide bonds. The number of hydrogen-bond acceptors (Lipinski definition) is 2. The number of benzene rings is 8. The molecular weight excluding hydrogens is 753 g/mol. The largest absolute Gasteiger partial charge is 0.308 e. The van der Waals surface area contributed by atoms with Crippen molar-refractivity contribution in [2.75, 3.05) is 0 Å². The van der Waals surface area contributed by atoms with Crippen molar-refractivity contribution in [3.05, 3.63) is 179 Å². The standard InChI is InChI=1S/C58H42N4/c1-31-23-49-55(59-29-31)53-41-19-15-34-26-48-54(56-50(24-32(2)30-60-56)62(48)36-18-22-40-38-12-8-10-14-44(38)58(5,6)46(40)28-36)42-20-16-33(51(41)52(34)42)25-47(53)61(49)35-17-21-39-37-11-7-9-13-43(37)57(3,4)45(39)27-35/h7-30H,1-6H3. The number of nitrogens with zero attached hydrogens (tertiary/aromatic N) is 4. The van der Waals surface area contributed by atoms with Crippen LogP contribution in [0.25, 0.3) is 110 Å². The van der Waals surface area contributed by atoms with Crippen molar-refractivity contribution in [3.63, 3.8) is 0 Å². The summed E-state index contributed by atoms with van der Waals surface area (Å²) in [6, 6.07) is 50.8. The fraction of sp³-hybridized carbons (Fsp3) is 0.138. The van der Waals surface area contributed by atoms with Gasteiger partial charge in [-0.25, -0.2) is 0 Å². The molecule has 0 saturated heterocycles. The van der Waals surface area contributed by atoms with Crippen molar-refractivity contribution < 1.29 is 0 Å². The molecule has 0 unspecified atom stereocenters. The molecule has 2 aliphatic rings. The minimum absolute atomic E-state index is 0.101. The van der Waals surface area contributed by atoms with Crippen LogP contribution in [0.4, 0.5) is 0 Å². The maximum Gasteiger partial charge on any atom is 0.0969 e. The van der Waals surface area contributed by atoms with Crippen LogP contribution in [-0.2, 0) is 10.8 Å². The van der Waals surface area contributed by atoms with Crippen LogP contribution in [0.1, 0.15) is 61.1 Å². The summed E-state index contributed by atoms with van der Waals surface area (Å²) in [5.41, 5.74) is 22.0. The van der Waals surface area contributed by atoms with Crippen molar-refractivity contribution in [1.82, 2.24) is 19.1 Å². The summed E-state index contributed by atoms with van der Waals surface area (Å²) in [5, 5.41) is 9.89. The van der Waals surface area contributed by atoms with Gasteiger partial charge < -0.3 is 9.13 Å². The number of fused-ring (bicyclic) bond motifs is 14. The molecule has 0 fully saturated rings. The summed E-state index contributed by atoms with van der Waals surface area (Å²) in [5.74, 6) is 0. The van der Waals surface area contributed by atoms with Crippen LogP contribution in [0.3, 0.4) is 0 Å². The van der Waals surface area contributed by atoms with E-state index in [1.54, 1.807) is 0 Å². The predicted octanol–water partition coefficient (Wildman–Crippen LogP) is 14.8. The Hall–Kier alpha value is -7.30. The molecule has 8 aromatic carbocycles. The molecule has 4 heterocycles. The van der Waals surface area contributed by atoms with Gasteiger partial charge in [0.05, 0.1) is 33.1 Å². The highest BCUT2D eigenvalue weighted by molar-refractivity contribution is 6.37. The maximum atomic E-state index is 5.22. The highest BCUT2D eigenvalue weighted by Crippen LogP contribution is 2.52. The van der Waals surface area contributed by atoms with E-state index in [1.165, 1.54) is 110 Å². The van der Waals surface area contributed by atoms with E-state index in [-0.39, 0.29) is 10.8 Å². The van der Waals surface area contributed by atoms with Gasteiger partial charge in [0.25, 0.3) is 0 Å². The molecule has 0 bridgehead atoms. The topological polar surface area (TPSA) is 35.6 Å². The molecule has 2 aliphatic carbocycles. The number of pyridine rings is 2. The normalized spacial score (nSPS) is 14.9. The first-order chi connectivity index (χ1) is 30.1. The molecule has 4 nitrogen and oxygen atoms in total. The molecule has 0 spiro atoms. The van der Waals surface area contributed by atoms with Gasteiger partial charge in [0.1, 0.15) is 0 Å². The number of aryl methyl sites for hydroxylation is 2. The lowest BCUT2D eigenvalue weighted by atomic mass is 9.82. The molecule has 12 aromatic rings. The van der Waals surface area contributed by atoms with Gasteiger partial charge in [-0.2, -0.15) is 0 Å². The molecule has 4 aromatic heterocycles. The van der Waals surface area contributed by atoms with Gasteiger partial charge in [0.2, 0.25) is 0 Å². The minimum atomic E-state index is -0.101. The number of hydrogen-bond donors (Lipinski definition) is 0. The number of aromatic nitrogens is 4. The van der Waals surface area contributed by atoms with E-state index in [0.717, 1.165) is 33.2 Å². The third kappa shape index (κ3) is 4.13. The Kier molecular flexibility index (Phi) is 6.29. The van der Waals surface area contributed by atoms with E-state index >= 15 is 0 Å². The first-order valence-corrected chi connectivity index (χ1v) is 21.9. The molecular formula is C58H42N4. The van der Waals surface area contributed by atoms with E-state index in [0.29, 0.717) is 0 Å². The van der Waals surface area contributed by atoms with E-state index in [4.69, 9.17) is 9.97 Å². The van der Waals surface area contributed by atoms with Gasteiger partial charge >= 0.3 is 0 Å². The summed E-state index contributed by atoms with van der Waals surface area (Å²) in [7, 11) is 0. The van der Waals surface area contributed by atoms with Crippen molar-refractivity contribution in [2.45, 2.75) is 52.4 Å². The Morgan fingerprint density at radius 1 is 0.387 bits per heavy atom. The lowest BCUT2D eigenvalue weighted by Gasteiger charge is -2.22. The van der Waals surface area contributed by atoms with Crippen LogP contribution < -0.4 is 0 Å². The SMILES string of the molecule is Cc1cnc2c3c4ccc5cc6c(c7ccc(cc3n(-c3ccc8c(c3)C(C)(C)c3ccccc3-8)c2c1)c4c57)c1ncc(C)cc1n6-c1ccc2c(c1)C(C)(C)c1ccccc1-2. The van der Waals surface area contributed by atoms with Crippen LogP contribution in [0.15, 0.2) is 146 Å². The maximum absolute atomic E-state index is 5.22. The molecule has 294 valence electrons. The second kappa shape index (κ2) is 11.3. The van der Waals surface area contributed by atoms with Crippen LogP contribution >= 0.6 is 0 Å². The van der Waals surface area contributed by atoms with Crippen molar-refractivity contribution in [1.29, 1.82) is 0 Å². The molecule has 0 saturated carbocycles. The first-order valence-electron chi connectivity index (χ1n) is 21.9. The summed E-state index contributed by atoms with van der Waals surface area (Å²) in [4.78, 5) is 10.4. The van der Waals surface area contributed by atoms with E-state index in [2.05, 4.69) is 184 Å². The number of rotatable bonds is 2. The van der Waals surface area contributed by atoms with E-state index < -0.39 is 0 Å². The van der Waals surface area contributed by atoms with Gasteiger partial charge in [-0.1, -0.05) is 113 Å². The fourth-order valence-corrected chi connectivity index (χ4v) is 12.1. The van der Waals surface area contributed by atoms with Gasteiger partial charge in [-0.15, -0.1) is 0 Å². The Balaban J connectivity index is 1.04. The quantitative estimate of drug-likeness (QED) is 0.163. The summed E-state index contributed by atoms with van der Waals surface area (Å²) >= 11 is 0. The zero-order valence-electron chi connectivity index (χ0n) is 35.6. The fourth-order valence-electron chi connectivity index (χ4n) is 12.1. The molecule has 4 heteroatoms. The smallest absolute Gasteiger partial charge is 0.0969 e. The van der Waals surface area contributed by atoms with Gasteiger partial charge in [0.15, 0.2) is 0 Å². The molecule has 62 heavy (non-hydrogen) atoms. The molecule has 0 atom stereocenters. The van der Waals surface area contributed by atoms with Crippen molar-refractivity contribution >= 4 is 76.2 Å². The predicted molar refractivity (Wildman–Crippen MR) is 259 cm³/mol. The minimum Gasteiger partial charge on any atom is -0.308 e. The zero-order valence-corrected chi connectivity index (χ0v) is 35.6. The Bertz CT molecular complexity index is 3740. The highest BCUT2D eigenvalue weighted by atomic mass is 15.0. The lowest BCUT2D eigenvalue weighted by Crippen LogP contribution is -2.15. The third-order valence-electron chi connectivity index (χ3n) is 15.0. The lowest BCUT2D eigenvalue weighted by molar-refractivity contribution is 0.660. The van der Waals surface area contributed by atoms with Crippen LogP contribution in [0, 0.1) is 13.8 Å². The Labute approximate surface area is 359 Å². The summed E-state index contributed by atoms with van der Waals surface area (Å²) in [6.07, 6.45) is 4.05. The van der Waals surface area contributed by atoms with Gasteiger partial charge in [0, 0.05) is 45.4 Å². The van der Waals surface area contributed by atoms with Gasteiger partial charge in [-0.3, -0.25) is 9.97 Å². The average molecular weight is 795 g/mol. The van der Waals surface area contributed by atoms with Crippen LogP contribution in [0.2, 0.25) is 0 Å². The van der Waals surface area contributed by atoms with E-state index in [1.807, 2.05) is 12.4 Å². The average Bonchev–Trinajstić information content (AvgIpc) is 3.92. The van der Waals surface area contributed by atoms with Crippen molar-refractivity contribution in [2.24, 2.45) is 0 Å². The zero-order chi connectivity index (χ0) is 41.6. The Morgan fingerprint density at radius 3 is 1.26 bits per heavy atom. The highest BCUT2D eigenvalue weighted by Gasteiger charge is 2.37. The third-order valence-corrected chi connectivity index (χ3v) is 15.0. The Morgan fingerprint density at radius 2 is 0.806 bits per heavy atom. The molecule has 0 aliphatic heterocycles. The van der Waals surface area contributed by atoms with Crippen molar-refractivity contribution in [3.8, 4) is 33.6 Å². The molecule has 14 rings (SSSR count). The molecule has 0 radical (unpaired) electrons. The van der Waals surface area contributed by atoms with Crippen LogP contribution in [-0.4, -0.2) is 19.1 Å². The first kappa shape index (κ1) is 34.4. The van der Waals surface area contributed by atoms with Crippen LogP contribution in [0.5, 0.6) is 0 Å².